The van der Waals surface area contributed by atoms with E-state index in [0.29, 0.717) is 28.5 Å². The molecule has 30 heavy (non-hydrogen) atoms. The van der Waals surface area contributed by atoms with Crippen molar-refractivity contribution in [3.05, 3.63) is 39.8 Å². The Morgan fingerprint density at radius 2 is 1.90 bits per heavy atom. The van der Waals surface area contributed by atoms with Crippen molar-refractivity contribution in [2.24, 2.45) is 5.92 Å². The molecule has 1 amide bonds. The number of carbonyl (C=O) groups is 1. The van der Waals surface area contributed by atoms with Gasteiger partial charge in [-0.2, -0.15) is 0 Å². The molecule has 2 heterocycles. The van der Waals surface area contributed by atoms with E-state index >= 15 is 0 Å². The van der Waals surface area contributed by atoms with Crippen LogP contribution in [-0.2, 0) is 4.79 Å². The van der Waals surface area contributed by atoms with E-state index in [1.54, 1.807) is 12.3 Å². The van der Waals surface area contributed by atoms with E-state index in [1.165, 1.54) is 12.8 Å². The quantitative estimate of drug-likeness (QED) is 0.650. The van der Waals surface area contributed by atoms with Gasteiger partial charge in [-0.05, 0) is 87.5 Å². The van der Waals surface area contributed by atoms with E-state index in [0.717, 1.165) is 50.6 Å². The van der Waals surface area contributed by atoms with Crippen molar-refractivity contribution in [1.29, 1.82) is 0 Å². The zero-order valence-electron chi connectivity index (χ0n) is 17.2. The number of H-pyrrole nitrogens is 1. The normalized spacial score (nSPS) is 22.7. The van der Waals surface area contributed by atoms with Crippen LogP contribution in [0.3, 0.4) is 0 Å². The summed E-state index contributed by atoms with van der Waals surface area (Å²) in [5.41, 5.74) is -0.155. The molecular formula is C23H30ClN3O3. The Hall–Kier alpha value is -2.05. The molecule has 3 N–H and O–H groups in total. The first-order chi connectivity index (χ1) is 14.6. The van der Waals surface area contributed by atoms with Crippen LogP contribution in [0.1, 0.15) is 51.4 Å². The number of halogens is 1. The largest absolute Gasteiger partial charge is 0.489 e. The van der Waals surface area contributed by atoms with Crippen molar-refractivity contribution in [3.63, 3.8) is 0 Å². The Labute approximate surface area is 181 Å². The average Bonchev–Trinajstić information content (AvgIpc) is 2.76. The Balaban J connectivity index is 1.24. The molecule has 2 fully saturated rings. The third kappa shape index (κ3) is 5.35. The zero-order chi connectivity index (χ0) is 20.9. The maximum Gasteiger partial charge on any atom is 0.255 e. The summed E-state index contributed by atoms with van der Waals surface area (Å²) in [7, 11) is 0. The number of aromatic amines is 1. The van der Waals surface area contributed by atoms with Crippen molar-refractivity contribution in [2.75, 3.05) is 13.1 Å². The van der Waals surface area contributed by atoms with Crippen LogP contribution in [0.2, 0.25) is 5.02 Å². The molecule has 1 aliphatic heterocycles. The molecule has 0 spiro atoms. The minimum absolute atomic E-state index is 0.0739. The molecule has 0 atom stereocenters. The summed E-state index contributed by atoms with van der Waals surface area (Å²) < 4.78 is 6.15. The van der Waals surface area contributed by atoms with Crippen LogP contribution < -0.4 is 20.9 Å². The van der Waals surface area contributed by atoms with E-state index < -0.39 is 0 Å². The standard InChI is InChI=1S/C23H30ClN3O3/c24-20-14-19-16(9-12-26-23(19)29)13-21(20)30-18-4-2-17(3-5-18)27-22(28)6-1-15-7-10-25-11-8-15/h9,12-15,17-18,25H,1-8,10-11H2,(H,26,29)(H,27,28). The maximum atomic E-state index is 12.3. The molecule has 0 unspecified atom stereocenters. The molecule has 0 radical (unpaired) electrons. The summed E-state index contributed by atoms with van der Waals surface area (Å²) in [4.78, 5) is 26.9. The van der Waals surface area contributed by atoms with Crippen LogP contribution >= 0.6 is 11.6 Å². The third-order valence-corrected chi connectivity index (χ3v) is 6.69. The van der Waals surface area contributed by atoms with Gasteiger partial charge < -0.3 is 20.4 Å². The summed E-state index contributed by atoms with van der Waals surface area (Å²) >= 11 is 6.35. The second-order valence-corrected chi connectivity index (χ2v) is 8.97. The monoisotopic (exact) mass is 431 g/mol. The van der Waals surface area contributed by atoms with Gasteiger partial charge in [0, 0.05) is 24.0 Å². The van der Waals surface area contributed by atoms with E-state index in [-0.39, 0.29) is 23.6 Å². The topological polar surface area (TPSA) is 83.2 Å². The van der Waals surface area contributed by atoms with E-state index in [1.807, 2.05) is 12.1 Å². The molecule has 2 aliphatic rings. The number of aromatic nitrogens is 1. The maximum absolute atomic E-state index is 12.3. The Kier molecular flexibility index (Phi) is 6.95. The predicted molar refractivity (Wildman–Crippen MR) is 119 cm³/mol. The van der Waals surface area contributed by atoms with Gasteiger partial charge in [-0.15, -0.1) is 0 Å². The van der Waals surface area contributed by atoms with Crippen LogP contribution in [-0.4, -0.2) is 36.1 Å². The molecular weight excluding hydrogens is 402 g/mol. The fourth-order valence-electron chi connectivity index (χ4n) is 4.59. The fourth-order valence-corrected chi connectivity index (χ4v) is 4.80. The molecule has 6 nitrogen and oxygen atoms in total. The van der Waals surface area contributed by atoms with Gasteiger partial charge in [-0.1, -0.05) is 11.6 Å². The number of ether oxygens (including phenoxy) is 1. The lowest BCUT2D eigenvalue weighted by Gasteiger charge is -2.30. The number of carbonyl (C=O) groups excluding carboxylic acids is 1. The molecule has 1 aliphatic carbocycles. The number of piperidine rings is 1. The number of benzene rings is 1. The van der Waals surface area contributed by atoms with E-state index in [9.17, 15) is 9.59 Å². The minimum atomic E-state index is -0.155. The van der Waals surface area contributed by atoms with Gasteiger partial charge >= 0.3 is 0 Å². The molecule has 0 bridgehead atoms. The van der Waals surface area contributed by atoms with Crippen molar-refractivity contribution in [2.45, 2.75) is 63.5 Å². The fraction of sp³-hybridized carbons (Fsp3) is 0.565. The number of pyridine rings is 1. The highest BCUT2D eigenvalue weighted by molar-refractivity contribution is 6.32. The smallest absolute Gasteiger partial charge is 0.255 e. The van der Waals surface area contributed by atoms with E-state index in [4.69, 9.17) is 16.3 Å². The highest BCUT2D eigenvalue weighted by Crippen LogP contribution is 2.32. The van der Waals surface area contributed by atoms with Crippen LogP contribution in [0.4, 0.5) is 0 Å². The molecule has 1 saturated carbocycles. The van der Waals surface area contributed by atoms with Gasteiger partial charge in [0.1, 0.15) is 5.75 Å². The molecule has 1 aromatic heterocycles. The number of fused-ring (bicyclic) bond motifs is 1. The van der Waals surface area contributed by atoms with Gasteiger partial charge in [0.25, 0.3) is 5.56 Å². The summed E-state index contributed by atoms with van der Waals surface area (Å²) in [6.45, 7) is 2.15. The molecule has 7 heteroatoms. The van der Waals surface area contributed by atoms with Gasteiger partial charge in [-0.25, -0.2) is 0 Å². The van der Waals surface area contributed by atoms with E-state index in [2.05, 4.69) is 15.6 Å². The molecule has 2 aromatic rings. The Bertz CT molecular complexity index is 931. The first kappa shape index (κ1) is 21.2. The Morgan fingerprint density at radius 1 is 1.13 bits per heavy atom. The van der Waals surface area contributed by atoms with Crippen molar-refractivity contribution in [3.8, 4) is 5.75 Å². The highest BCUT2D eigenvalue weighted by atomic mass is 35.5. The van der Waals surface area contributed by atoms with Crippen LogP contribution in [0.15, 0.2) is 29.2 Å². The molecule has 4 rings (SSSR count). The third-order valence-electron chi connectivity index (χ3n) is 6.40. The van der Waals surface area contributed by atoms with Crippen LogP contribution in [0, 0.1) is 5.92 Å². The van der Waals surface area contributed by atoms with Gasteiger partial charge in [0.2, 0.25) is 5.91 Å². The number of rotatable bonds is 6. The molecule has 1 saturated heterocycles. The van der Waals surface area contributed by atoms with Gasteiger partial charge in [0.05, 0.1) is 11.1 Å². The summed E-state index contributed by atoms with van der Waals surface area (Å²) in [6, 6.07) is 5.58. The minimum Gasteiger partial charge on any atom is -0.489 e. The van der Waals surface area contributed by atoms with Gasteiger partial charge in [-0.3, -0.25) is 9.59 Å². The first-order valence-electron chi connectivity index (χ1n) is 11.1. The second kappa shape index (κ2) is 9.84. The highest BCUT2D eigenvalue weighted by Gasteiger charge is 2.25. The van der Waals surface area contributed by atoms with Gasteiger partial charge in [0.15, 0.2) is 0 Å². The summed E-state index contributed by atoms with van der Waals surface area (Å²) in [6.07, 6.45) is 9.27. The predicted octanol–water partition coefficient (Wildman–Crippen LogP) is 3.77. The lowest BCUT2D eigenvalue weighted by Crippen LogP contribution is -2.40. The summed E-state index contributed by atoms with van der Waals surface area (Å²) in [5.74, 6) is 1.48. The first-order valence-corrected chi connectivity index (χ1v) is 11.4. The zero-order valence-corrected chi connectivity index (χ0v) is 18.0. The number of hydrogen-bond donors (Lipinski definition) is 3. The lowest BCUT2D eigenvalue weighted by atomic mass is 9.91. The SMILES string of the molecule is O=C(CCC1CCNCC1)NC1CCC(Oc2cc3cc[nH]c(=O)c3cc2Cl)CC1. The molecule has 1 aromatic carbocycles. The number of amides is 1. The Morgan fingerprint density at radius 3 is 2.67 bits per heavy atom. The second-order valence-electron chi connectivity index (χ2n) is 8.57. The van der Waals surface area contributed by atoms with Crippen LogP contribution in [0.25, 0.3) is 10.8 Å². The number of nitrogens with one attached hydrogen (secondary N) is 3. The molecule has 162 valence electrons. The number of hydrogen-bond acceptors (Lipinski definition) is 4. The van der Waals surface area contributed by atoms with Crippen LogP contribution in [0.5, 0.6) is 5.75 Å². The van der Waals surface area contributed by atoms with Crippen molar-refractivity contribution < 1.29 is 9.53 Å². The average molecular weight is 432 g/mol. The lowest BCUT2D eigenvalue weighted by molar-refractivity contribution is -0.122. The van der Waals surface area contributed by atoms with Crippen molar-refractivity contribution in [1.82, 2.24) is 15.6 Å². The van der Waals surface area contributed by atoms with Crippen molar-refractivity contribution >= 4 is 28.3 Å². The summed E-state index contributed by atoms with van der Waals surface area (Å²) in [5, 5.41) is 8.40.